The number of nitrogens with zero attached hydrogens (tertiary/aromatic N) is 2. The molecule has 0 fully saturated rings. The fourth-order valence-corrected chi connectivity index (χ4v) is 2.66. The van der Waals surface area contributed by atoms with Crippen LogP contribution < -0.4 is 10.6 Å². The summed E-state index contributed by atoms with van der Waals surface area (Å²) in [7, 11) is 0. The standard InChI is InChI=1S/C16H18N4O/c1-2-18-15-10-17-9-14(20-15)16(21)19-13-7-11-5-3-4-6-12(11)8-13/h3-6,9-10,13H,2,7-8H2,1H3,(H,18,20)(H,19,21). The molecule has 3 rings (SSSR count). The Morgan fingerprint density at radius 1 is 1.24 bits per heavy atom. The van der Waals surface area contributed by atoms with E-state index >= 15 is 0 Å². The third kappa shape index (κ3) is 3.02. The molecule has 1 aliphatic rings. The van der Waals surface area contributed by atoms with Crippen molar-refractivity contribution in [3.63, 3.8) is 0 Å². The molecule has 2 aromatic rings. The van der Waals surface area contributed by atoms with E-state index < -0.39 is 0 Å². The van der Waals surface area contributed by atoms with E-state index in [9.17, 15) is 4.79 Å². The van der Waals surface area contributed by atoms with E-state index in [-0.39, 0.29) is 11.9 Å². The molecule has 2 N–H and O–H groups in total. The lowest BCUT2D eigenvalue weighted by atomic mass is 10.1. The van der Waals surface area contributed by atoms with Crippen molar-refractivity contribution in [3.8, 4) is 0 Å². The average molecular weight is 282 g/mol. The number of anilines is 1. The Morgan fingerprint density at radius 2 is 1.95 bits per heavy atom. The Bertz CT molecular complexity index is 631. The predicted octanol–water partition coefficient (Wildman–Crippen LogP) is 1.81. The summed E-state index contributed by atoms with van der Waals surface area (Å²) in [4.78, 5) is 20.6. The third-order valence-corrected chi connectivity index (χ3v) is 3.61. The zero-order valence-electron chi connectivity index (χ0n) is 12.0. The Kier molecular flexibility index (Phi) is 3.81. The van der Waals surface area contributed by atoms with Crippen molar-refractivity contribution in [2.75, 3.05) is 11.9 Å². The summed E-state index contributed by atoms with van der Waals surface area (Å²) < 4.78 is 0. The van der Waals surface area contributed by atoms with Gasteiger partial charge in [0, 0.05) is 12.6 Å². The van der Waals surface area contributed by atoms with Gasteiger partial charge in [-0.3, -0.25) is 9.78 Å². The molecule has 0 unspecified atom stereocenters. The van der Waals surface area contributed by atoms with Crippen LogP contribution >= 0.6 is 0 Å². The summed E-state index contributed by atoms with van der Waals surface area (Å²) in [6.45, 7) is 2.72. The van der Waals surface area contributed by atoms with Gasteiger partial charge in [0.25, 0.3) is 5.91 Å². The van der Waals surface area contributed by atoms with E-state index in [4.69, 9.17) is 0 Å². The van der Waals surface area contributed by atoms with Gasteiger partial charge >= 0.3 is 0 Å². The highest BCUT2D eigenvalue weighted by atomic mass is 16.1. The van der Waals surface area contributed by atoms with Crippen LogP contribution in [0.15, 0.2) is 36.7 Å². The summed E-state index contributed by atoms with van der Waals surface area (Å²) in [5.41, 5.74) is 2.98. The number of benzene rings is 1. The molecule has 108 valence electrons. The van der Waals surface area contributed by atoms with Gasteiger partial charge < -0.3 is 10.6 Å². The van der Waals surface area contributed by atoms with Gasteiger partial charge in [0.15, 0.2) is 0 Å². The minimum atomic E-state index is -0.167. The van der Waals surface area contributed by atoms with Crippen molar-refractivity contribution in [2.45, 2.75) is 25.8 Å². The van der Waals surface area contributed by atoms with Crippen LogP contribution in [0.5, 0.6) is 0 Å². The van der Waals surface area contributed by atoms with E-state index in [0.717, 1.165) is 19.4 Å². The van der Waals surface area contributed by atoms with Gasteiger partial charge in [-0.15, -0.1) is 0 Å². The largest absolute Gasteiger partial charge is 0.369 e. The molecule has 0 spiro atoms. The first-order valence-electron chi connectivity index (χ1n) is 7.20. The van der Waals surface area contributed by atoms with Crippen LogP contribution in [0.25, 0.3) is 0 Å². The maximum absolute atomic E-state index is 12.3. The highest BCUT2D eigenvalue weighted by Crippen LogP contribution is 2.21. The van der Waals surface area contributed by atoms with Crippen LogP contribution in [-0.2, 0) is 12.8 Å². The summed E-state index contributed by atoms with van der Waals surface area (Å²) in [6.07, 6.45) is 4.87. The van der Waals surface area contributed by atoms with Crippen molar-refractivity contribution in [3.05, 3.63) is 53.5 Å². The third-order valence-electron chi connectivity index (χ3n) is 3.61. The maximum Gasteiger partial charge on any atom is 0.271 e. The molecule has 0 radical (unpaired) electrons. The van der Waals surface area contributed by atoms with Crippen LogP contribution in [0.3, 0.4) is 0 Å². The molecule has 0 saturated carbocycles. The highest BCUT2D eigenvalue weighted by Gasteiger charge is 2.23. The quantitative estimate of drug-likeness (QED) is 0.897. The normalized spacial score (nSPS) is 13.8. The lowest BCUT2D eigenvalue weighted by Gasteiger charge is -2.12. The Morgan fingerprint density at radius 3 is 2.62 bits per heavy atom. The smallest absolute Gasteiger partial charge is 0.271 e. The minimum Gasteiger partial charge on any atom is -0.369 e. The summed E-state index contributed by atoms with van der Waals surface area (Å²) in [5.74, 6) is 0.458. The number of hydrogen-bond donors (Lipinski definition) is 2. The second-order valence-corrected chi connectivity index (χ2v) is 5.17. The summed E-state index contributed by atoms with van der Waals surface area (Å²) >= 11 is 0. The van der Waals surface area contributed by atoms with Gasteiger partial charge in [-0.05, 0) is 30.9 Å². The number of carbonyl (C=O) groups is 1. The number of aromatic nitrogens is 2. The number of fused-ring (bicyclic) bond motifs is 1. The SMILES string of the molecule is CCNc1cncc(C(=O)NC2Cc3ccccc3C2)n1. The molecule has 0 bridgehead atoms. The molecular formula is C16H18N4O. The second kappa shape index (κ2) is 5.91. The Balaban J connectivity index is 1.66. The van der Waals surface area contributed by atoms with E-state index in [0.29, 0.717) is 11.5 Å². The zero-order chi connectivity index (χ0) is 14.7. The van der Waals surface area contributed by atoms with Gasteiger partial charge in [-0.25, -0.2) is 4.98 Å². The van der Waals surface area contributed by atoms with Crippen molar-refractivity contribution >= 4 is 11.7 Å². The average Bonchev–Trinajstić information content (AvgIpc) is 2.90. The molecule has 0 aliphatic heterocycles. The van der Waals surface area contributed by atoms with E-state index in [1.54, 1.807) is 6.20 Å². The number of hydrogen-bond acceptors (Lipinski definition) is 4. The molecular weight excluding hydrogens is 264 g/mol. The van der Waals surface area contributed by atoms with Crippen molar-refractivity contribution in [1.29, 1.82) is 0 Å². The monoisotopic (exact) mass is 282 g/mol. The highest BCUT2D eigenvalue weighted by molar-refractivity contribution is 5.92. The van der Waals surface area contributed by atoms with Gasteiger partial charge in [0.1, 0.15) is 11.5 Å². The molecule has 0 atom stereocenters. The lowest BCUT2D eigenvalue weighted by molar-refractivity contribution is 0.0933. The van der Waals surface area contributed by atoms with Crippen LogP contribution in [0.4, 0.5) is 5.82 Å². The number of nitrogens with one attached hydrogen (secondary N) is 2. The minimum absolute atomic E-state index is 0.138. The number of amides is 1. The molecule has 1 amide bonds. The van der Waals surface area contributed by atoms with Gasteiger partial charge in [0.05, 0.1) is 12.4 Å². The van der Waals surface area contributed by atoms with Crippen LogP contribution in [0, 0.1) is 0 Å². The molecule has 5 nitrogen and oxygen atoms in total. The van der Waals surface area contributed by atoms with Crippen LogP contribution in [0.1, 0.15) is 28.5 Å². The van der Waals surface area contributed by atoms with Crippen LogP contribution in [-0.4, -0.2) is 28.5 Å². The van der Waals surface area contributed by atoms with Crippen molar-refractivity contribution < 1.29 is 4.79 Å². The first kappa shape index (κ1) is 13.5. The van der Waals surface area contributed by atoms with Gasteiger partial charge in [-0.2, -0.15) is 0 Å². The molecule has 1 aromatic heterocycles. The summed E-state index contributed by atoms with van der Waals surface area (Å²) in [6, 6.07) is 8.45. The second-order valence-electron chi connectivity index (χ2n) is 5.17. The van der Waals surface area contributed by atoms with Crippen LogP contribution in [0.2, 0.25) is 0 Å². The molecule has 21 heavy (non-hydrogen) atoms. The fourth-order valence-electron chi connectivity index (χ4n) is 2.66. The van der Waals surface area contributed by atoms with E-state index in [2.05, 4.69) is 32.7 Å². The van der Waals surface area contributed by atoms with Gasteiger partial charge in [0.2, 0.25) is 0 Å². The van der Waals surface area contributed by atoms with Gasteiger partial charge in [-0.1, -0.05) is 24.3 Å². The molecule has 1 aliphatic carbocycles. The summed E-state index contributed by atoms with van der Waals surface area (Å²) in [5, 5.41) is 6.10. The topological polar surface area (TPSA) is 66.9 Å². The predicted molar refractivity (Wildman–Crippen MR) is 81.3 cm³/mol. The van der Waals surface area contributed by atoms with E-state index in [1.807, 2.05) is 19.1 Å². The molecule has 0 saturated heterocycles. The van der Waals surface area contributed by atoms with Crippen molar-refractivity contribution in [2.24, 2.45) is 0 Å². The number of rotatable bonds is 4. The molecule has 1 heterocycles. The molecule has 5 heteroatoms. The Hall–Kier alpha value is -2.43. The first-order chi connectivity index (χ1) is 10.3. The first-order valence-corrected chi connectivity index (χ1v) is 7.20. The fraction of sp³-hybridized carbons (Fsp3) is 0.312. The van der Waals surface area contributed by atoms with Crippen molar-refractivity contribution in [1.82, 2.24) is 15.3 Å². The lowest BCUT2D eigenvalue weighted by Crippen LogP contribution is -2.35. The van der Waals surface area contributed by atoms with E-state index in [1.165, 1.54) is 17.3 Å². The number of carbonyl (C=O) groups excluding carboxylic acids is 1. The Labute approximate surface area is 123 Å². The maximum atomic E-state index is 12.3. The zero-order valence-corrected chi connectivity index (χ0v) is 12.0. The molecule has 1 aromatic carbocycles.